The number of benzene rings is 1. The molecule has 94 valence electrons. The fraction of sp³-hybridized carbons (Fsp3) is 0.214. The normalized spacial score (nSPS) is 10.9. The van der Waals surface area contributed by atoms with Crippen LogP contribution in [-0.4, -0.2) is 15.6 Å². The zero-order valence-corrected chi connectivity index (χ0v) is 11.0. The predicted molar refractivity (Wildman–Crippen MR) is 71.8 cm³/mol. The third-order valence-electron chi connectivity index (χ3n) is 2.82. The van der Waals surface area contributed by atoms with Crippen molar-refractivity contribution in [3.05, 3.63) is 52.8 Å². The van der Waals surface area contributed by atoms with E-state index in [1.807, 2.05) is 24.3 Å². The molecule has 0 aliphatic rings. The Morgan fingerprint density at radius 2 is 2.00 bits per heavy atom. The summed E-state index contributed by atoms with van der Waals surface area (Å²) >= 11 is 5.91. The third kappa shape index (κ3) is 2.27. The molecule has 18 heavy (non-hydrogen) atoms. The highest BCUT2D eigenvalue weighted by Crippen LogP contribution is 2.26. The Labute approximate surface area is 111 Å². The number of halogens is 1. The molecule has 1 heterocycles. The van der Waals surface area contributed by atoms with Gasteiger partial charge < -0.3 is 9.67 Å². The highest BCUT2D eigenvalue weighted by atomic mass is 35.5. The lowest BCUT2D eigenvalue weighted by atomic mass is 10.0. The molecule has 1 N–H and O–H groups in total. The summed E-state index contributed by atoms with van der Waals surface area (Å²) in [5, 5.41) is 9.61. The summed E-state index contributed by atoms with van der Waals surface area (Å²) in [5.74, 6) is -0.676. The van der Waals surface area contributed by atoms with Crippen molar-refractivity contribution in [2.45, 2.75) is 19.8 Å². The third-order valence-corrected chi connectivity index (χ3v) is 3.03. The van der Waals surface area contributed by atoms with E-state index in [4.69, 9.17) is 11.6 Å². The van der Waals surface area contributed by atoms with Crippen molar-refractivity contribution >= 4 is 17.6 Å². The standard InChI is InChI=1S/C14H14ClNO2/c1-9(2)11-5-3-4-6-12(11)16-8-10(15)7-13(16)14(17)18/h3-9H,1-2H3,(H,17,18). The topological polar surface area (TPSA) is 42.2 Å². The van der Waals surface area contributed by atoms with Gasteiger partial charge in [-0.2, -0.15) is 0 Å². The number of aromatic carboxylic acids is 1. The molecular formula is C14H14ClNO2. The van der Waals surface area contributed by atoms with Gasteiger partial charge in [0.25, 0.3) is 0 Å². The van der Waals surface area contributed by atoms with Gasteiger partial charge in [0.2, 0.25) is 0 Å². The van der Waals surface area contributed by atoms with Crippen molar-refractivity contribution in [3.63, 3.8) is 0 Å². The van der Waals surface area contributed by atoms with Gasteiger partial charge in [0.15, 0.2) is 0 Å². The molecule has 0 bridgehead atoms. The molecule has 0 aliphatic carbocycles. The summed E-state index contributed by atoms with van der Waals surface area (Å²) in [6, 6.07) is 9.20. The maximum atomic E-state index is 11.2. The van der Waals surface area contributed by atoms with E-state index in [2.05, 4.69) is 13.8 Å². The molecule has 2 rings (SSSR count). The summed E-state index contributed by atoms with van der Waals surface area (Å²) in [4.78, 5) is 11.2. The Bertz CT molecular complexity index is 587. The molecule has 4 heteroatoms. The van der Waals surface area contributed by atoms with Crippen LogP contribution < -0.4 is 0 Å². The number of carboxylic acids is 1. The lowest BCUT2D eigenvalue weighted by Gasteiger charge is -2.14. The van der Waals surface area contributed by atoms with Gasteiger partial charge in [-0.3, -0.25) is 0 Å². The number of carbonyl (C=O) groups is 1. The predicted octanol–water partition coefficient (Wildman–Crippen LogP) is 3.95. The maximum Gasteiger partial charge on any atom is 0.352 e. The Morgan fingerprint density at radius 1 is 1.33 bits per heavy atom. The van der Waals surface area contributed by atoms with Crippen LogP contribution in [0.15, 0.2) is 36.5 Å². The van der Waals surface area contributed by atoms with Crippen LogP contribution in [0, 0.1) is 0 Å². The van der Waals surface area contributed by atoms with E-state index in [1.54, 1.807) is 10.8 Å². The molecule has 1 aromatic carbocycles. The fourth-order valence-corrected chi connectivity index (χ4v) is 2.19. The first kappa shape index (κ1) is 12.7. The van der Waals surface area contributed by atoms with E-state index in [1.165, 1.54) is 6.07 Å². The molecule has 0 spiro atoms. The Balaban J connectivity index is 2.65. The largest absolute Gasteiger partial charge is 0.477 e. The van der Waals surface area contributed by atoms with Crippen LogP contribution in [0.1, 0.15) is 35.8 Å². The zero-order valence-electron chi connectivity index (χ0n) is 10.2. The van der Waals surface area contributed by atoms with E-state index in [0.717, 1.165) is 11.3 Å². The molecular weight excluding hydrogens is 250 g/mol. The summed E-state index contributed by atoms with van der Waals surface area (Å²) in [6.07, 6.45) is 1.63. The van der Waals surface area contributed by atoms with Crippen molar-refractivity contribution in [3.8, 4) is 5.69 Å². The SMILES string of the molecule is CC(C)c1ccccc1-n1cc(Cl)cc1C(=O)O. The molecule has 0 unspecified atom stereocenters. The van der Waals surface area contributed by atoms with Crippen LogP contribution in [0.4, 0.5) is 0 Å². The molecule has 0 fully saturated rings. The summed E-state index contributed by atoms with van der Waals surface area (Å²) in [5.41, 5.74) is 2.12. The van der Waals surface area contributed by atoms with Gasteiger partial charge in [-0.15, -0.1) is 0 Å². The molecule has 3 nitrogen and oxygen atoms in total. The number of para-hydroxylation sites is 1. The average molecular weight is 264 g/mol. The molecule has 0 amide bonds. The van der Waals surface area contributed by atoms with Crippen LogP contribution in [0.25, 0.3) is 5.69 Å². The van der Waals surface area contributed by atoms with Crippen molar-refractivity contribution in [1.29, 1.82) is 0 Å². The van der Waals surface area contributed by atoms with Gasteiger partial charge in [-0.25, -0.2) is 4.79 Å². The molecule has 0 radical (unpaired) electrons. The van der Waals surface area contributed by atoms with Crippen LogP contribution in [-0.2, 0) is 0 Å². The molecule has 2 aromatic rings. The average Bonchev–Trinajstić information content (AvgIpc) is 2.71. The van der Waals surface area contributed by atoms with Crippen LogP contribution in [0.5, 0.6) is 0 Å². The first-order valence-corrected chi connectivity index (χ1v) is 6.09. The molecule has 1 aromatic heterocycles. The number of nitrogens with zero attached hydrogens (tertiary/aromatic N) is 1. The van der Waals surface area contributed by atoms with Crippen molar-refractivity contribution in [2.75, 3.05) is 0 Å². The number of aromatic nitrogens is 1. The van der Waals surface area contributed by atoms with Crippen LogP contribution >= 0.6 is 11.6 Å². The minimum Gasteiger partial charge on any atom is -0.477 e. The smallest absolute Gasteiger partial charge is 0.352 e. The van der Waals surface area contributed by atoms with E-state index in [0.29, 0.717) is 10.9 Å². The van der Waals surface area contributed by atoms with Gasteiger partial charge in [0, 0.05) is 11.9 Å². The molecule has 0 saturated carbocycles. The van der Waals surface area contributed by atoms with Gasteiger partial charge in [0.05, 0.1) is 5.02 Å². The number of carboxylic acid groups (broad SMARTS) is 1. The second-order valence-corrected chi connectivity index (χ2v) is 4.87. The second-order valence-electron chi connectivity index (χ2n) is 4.43. The van der Waals surface area contributed by atoms with Crippen LogP contribution in [0.3, 0.4) is 0 Å². The molecule has 0 saturated heterocycles. The summed E-state index contributed by atoms with van der Waals surface area (Å²) in [7, 11) is 0. The monoisotopic (exact) mass is 263 g/mol. The maximum absolute atomic E-state index is 11.2. The number of rotatable bonds is 3. The first-order valence-electron chi connectivity index (χ1n) is 5.71. The molecule has 0 atom stereocenters. The van der Waals surface area contributed by atoms with Gasteiger partial charge >= 0.3 is 5.97 Å². The second kappa shape index (κ2) is 4.86. The van der Waals surface area contributed by atoms with Crippen molar-refractivity contribution in [2.24, 2.45) is 0 Å². The first-order chi connectivity index (χ1) is 8.50. The zero-order chi connectivity index (χ0) is 13.3. The fourth-order valence-electron chi connectivity index (χ4n) is 1.99. The van der Waals surface area contributed by atoms with E-state index >= 15 is 0 Å². The summed E-state index contributed by atoms with van der Waals surface area (Å²) < 4.78 is 1.62. The quantitative estimate of drug-likeness (QED) is 0.911. The minimum absolute atomic E-state index is 0.174. The summed E-state index contributed by atoms with van der Waals surface area (Å²) in [6.45, 7) is 4.15. The van der Waals surface area contributed by atoms with Gasteiger partial charge in [-0.05, 0) is 23.6 Å². The number of hydrogen-bond acceptors (Lipinski definition) is 1. The van der Waals surface area contributed by atoms with E-state index in [-0.39, 0.29) is 5.69 Å². The van der Waals surface area contributed by atoms with Crippen LogP contribution in [0.2, 0.25) is 5.02 Å². The lowest BCUT2D eigenvalue weighted by Crippen LogP contribution is -2.08. The van der Waals surface area contributed by atoms with Gasteiger partial charge in [-0.1, -0.05) is 43.6 Å². The van der Waals surface area contributed by atoms with Crippen molar-refractivity contribution < 1.29 is 9.90 Å². The highest BCUT2D eigenvalue weighted by Gasteiger charge is 2.16. The minimum atomic E-state index is -0.986. The Hall–Kier alpha value is -1.74. The Kier molecular flexibility index (Phi) is 3.43. The number of hydrogen-bond donors (Lipinski definition) is 1. The van der Waals surface area contributed by atoms with Crippen molar-refractivity contribution in [1.82, 2.24) is 4.57 Å². The van der Waals surface area contributed by atoms with E-state index < -0.39 is 5.97 Å². The molecule has 0 aliphatic heterocycles. The highest BCUT2D eigenvalue weighted by molar-refractivity contribution is 6.31. The lowest BCUT2D eigenvalue weighted by molar-refractivity contribution is 0.0688. The Morgan fingerprint density at radius 3 is 2.61 bits per heavy atom. The van der Waals surface area contributed by atoms with Gasteiger partial charge in [0.1, 0.15) is 5.69 Å². The van der Waals surface area contributed by atoms with E-state index in [9.17, 15) is 9.90 Å².